The number of nitrogens with zero attached hydrogens (tertiary/aromatic N) is 3. The highest BCUT2D eigenvalue weighted by Gasteiger charge is 2.26. The molecule has 10 heteroatoms. The van der Waals surface area contributed by atoms with Crippen LogP contribution in [0.2, 0.25) is 0 Å². The quantitative estimate of drug-likeness (QED) is 0.245. The molecule has 152 valence electrons. The smallest absolute Gasteiger partial charge is 0.320 e. The second-order valence-electron chi connectivity index (χ2n) is 6.48. The van der Waals surface area contributed by atoms with Gasteiger partial charge in [-0.05, 0) is 33.5 Å². The molecule has 0 saturated heterocycles. The first-order valence-electron chi connectivity index (χ1n) is 8.65. The van der Waals surface area contributed by atoms with Gasteiger partial charge in [0.15, 0.2) is 0 Å². The number of unbranched alkanes of at least 4 members (excludes halogenated alkanes) is 1. The molecule has 26 heavy (non-hydrogen) atoms. The lowest BCUT2D eigenvalue weighted by Crippen LogP contribution is -2.48. The summed E-state index contributed by atoms with van der Waals surface area (Å²) in [4.78, 5) is 38.5. The lowest BCUT2D eigenvalue weighted by molar-refractivity contribution is -0.145. The molecule has 0 aromatic carbocycles. The van der Waals surface area contributed by atoms with E-state index in [0.717, 1.165) is 6.42 Å². The fourth-order valence-electron chi connectivity index (χ4n) is 2.56. The van der Waals surface area contributed by atoms with Gasteiger partial charge in [0.1, 0.15) is 6.04 Å². The molecular weight excluding hydrogens is 344 g/mol. The highest BCUT2D eigenvalue weighted by molar-refractivity contribution is 5.73. The normalized spacial score (nSPS) is 12.7. The minimum absolute atomic E-state index is 0.159. The van der Waals surface area contributed by atoms with Crippen molar-refractivity contribution in [3.05, 3.63) is 0 Å². The molecule has 0 aliphatic carbocycles. The molecule has 0 aliphatic rings. The highest BCUT2D eigenvalue weighted by Crippen LogP contribution is 2.10. The largest absolute Gasteiger partial charge is 0.480 e. The number of rotatable bonds is 16. The SMILES string of the molecule is CN(C)CCN(CCN(CC(=O)O)CC(=O)O)C(CCCCN)C(=O)O. The van der Waals surface area contributed by atoms with E-state index in [2.05, 4.69) is 0 Å². The molecule has 0 heterocycles. The van der Waals surface area contributed by atoms with Gasteiger partial charge < -0.3 is 26.0 Å². The van der Waals surface area contributed by atoms with Crippen LogP contribution >= 0.6 is 0 Å². The van der Waals surface area contributed by atoms with Crippen molar-refractivity contribution in [1.82, 2.24) is 14.7 Å². The van der Waals surface area contributed by atoms with Crippen LogP contribution in [-0.2, 0) is 14.4 Å². The molecule has 1 atom stereocenters. The van der Waals surface area contributed by atoms with Crippen LogP contribution in [-0.4, -0.2) is 114 Å². The van der Waals surface area contributed by atoms with Gasteiger partial charge in [0.25, 0.3) is 0 Å². The van der Waals surface area contributed by atoms with Crippen molar-refractivity contribution in [3.63, 3.8) is 0 Å². The highest BCUT2D eigenvalue weighted by atomic mass is 16.4. The first kappa shape index (κ1) is 24.2. The average molecular weight is 376 g/mol. The topological polar surface area (TPSA) is 148 Å². The Morgan fingerprint density at radius 1 is 0.885 bits per heavy atom. The third-order valence-corrected chi connectivity index (χ3v) is 3.91. The predicted octanol–water partition coefficient (Wildman–Crippen LogP) is -1.10. The van der Waals surface area contributed by atoms with Gasteiger partial charge in [-0.25, -0.2) is 0 Å². The molecule has 0 radical (unpaired) electrons. The maximum absolute atomic E-state index is 11.7. The maximum atomic E-state index is 11.7. The second kappa shape index (κ2) is 13.5. The van der Waals surface area contributed by atoms with E-state index >= 15 is 0 Å². The van der Waals surface area contributed by atoms with Crippen LogP contribution in [0, 0.1) is 0 Å². The summed E-state index contributed by atoms with van der Waals surface area (Å²) in [5.41, 5.74) is 5.47. The van der Waals surface area contributed by atoms with E-state index in [4.69, 9.17) is 15.9 Å². The van der Waals surface area contributed by atoms with Crippen LogP contribution in [0.15, 0.2) is 0 Å². The van der Waals surface area contributed by atoms with E-state index in [9.17, 15) is 19.5 Å². The number of nitrogens with two attached hydrogens (primary N) is 1. The molecule has 0 aromatic heterocycles. The third kappa shape index (κ3) is 11.7. The molecule has 0 rings (SSSR count). The summed E-state index contributed by atoms with van der Waals surface area (Å²) in [6.45, 7) is 1.24. The van der Waals surface area contributed by atoms with Crippen LogP contribution in [0.25, 0.3) is 0 Å². The van der Waals surface area contributed by atoms with Gasteiger partial charge in [-0.15, -0.1) is 0 Å². The van der Waals surface area contributed by atoms with Crippen LogP contribution < -0.4 is 5.73 Å². The Labute approximate surface area is 154 Å². The molecule has 0 aromatic rings. The van der Waals surface area contributed by atoms with Crippen molar-refractivity contribution in [1.29, 1.82) is 0 Å². The summed E-state index contributed by atoms with van der Waals surface area (Å²) in [5, 5.41) is 27.4. The first-order valence-corrected chi connectivity index (χ1v) is 8.65. The molecule has 10 nitrogen and oxygen atoms in total. The molecule has 0 saturated carbocycles. The first-order chi connectivity index (χ1) is 12.2. The minimum Gasteiger partial charge on any atom is -0.480 e. The van der Waals surface area contributed by atoms with E-state index < -0.39 is 37.0 Å². The van der Waals surface area contributed by atoms with Crippen LogP contribution in [0.4, 0.5) is 0 Å². The standard InChI is InChI=1S/C16H32N4O6/c1-18(2)7-9-20(13(16(25)26)5-3-4-6-17)10-8-19(11-14(21)22)12-15(23)24/h13H,3-12,17H2,1-2H3,(H,21,22)(H,23,24)(H,25,26). The zero-order chi connectivity index (χ0) is 20.1. The summed E-state index contributed by atoms with van der Waals surface area (Å²) < 4.78 is 0. The van der Waals surface area contributed by atoms with Gasteiger partial charge in [0, 0.05) is 26.2 Å². The number of aliphatic carboxylic acids is 3. The Balaban J connectivity index is 5.02. The lowest BCUT2D eigenvalue weighted by atomic mass is 10.1. The number of carboxylic acid groups (broad SMARTS) is 3. The fraction of sp³-hybridized carbons (Fsp3) is 0.812. The zero-order valence-corrected chi connectivity index (χ0v) is 15.6. The minimum atomic E-state index is -1.12. The van der Waals surface area contributed by atoms with Gasteiger partial charge >= 0.3 is 17.9 Å². The molecule has 0 amide bonds. The van der Waals surface area contributed by atoms with Gasteiger partial charge in [0.2, 0.25) is 0 Å². The number of carboxylic acids is 3. The zero-order valence-electron chi connectivity index (χ0n) is 15.6. The number of hydrogen-bond acceptors (Lipinski definition) is 7. The number of likely N-dealkylation sites (N-methyl/N-ethyl adjacent to an activating group) is 1. The summed E-state index contributed by atoms with van der Waals surface area (Å²) >= 11 is 0. The summed E-state index contributed by atoms with van der Waals surface area (Å²) in [6.07, 6.45) is 1.85. The molecule has 0 bridgehead atoms. The molecule has 5 N–H and O–H groups in total. The number of carbonyl (C=O) groups is 3. The third-order valence-electron chi connectivity index (χ3n) is 3.91. The van der Waals surface area contributed by atoms with Gasteiger partial charge in [-0.2, -0.15) is 0 Å². The molecular formula is C16H32N4O6. The Bertz CT molecular complexity index is 430. The van der Waals surface area contributed by atoms with Gasteiger partial charge in [-0.1, -0.05) is 6.42 Å². The van der Waals surface area contributed by atoms with E-state index in [0.29, 0.717) is 32.5 Å². The summed E-state index contributed by atoms with van der Waals surface area (Å²) in [6, 6.07) is -0.710. The van der Waals surface area contributed by atoms with Gasteiger partial charge in [-0.3, -0.25) is 24.2 Å². The second-order valence-corrected chi connectivity index (χ2v) is 6.48. The maximum Gasteiger partial charge on any atom is 0.320 e. The summed E-state index contributed by atoms with van der Waals surface area (Å²) in [5.74, 6) is -3.18. The number of hydrogen-bond donors (Lipinski definition) is 4. The van der Waals surface area contributed by atoms with E-state index in [1.807, 2.05) is 19.0 Å². The van der Waals surface area contributed by atoms with Crippen molar-refractivity contribution < 1.29 is 29.7 Å². The molecule has 0 aliphatic heterocycles. The van der Waals surface area contributed by atoms with Crippen LogP contribution in [0.1, 0.15) is 19.3 Å². The average Bonchev–Trinajstić information content (AvgIpc) is 2.50. The van der Waals surface area contributed by atoms with E-state index in [-0.39, 0.29) is 13.1 Å². The fourth-order valence-corrected chi connectivity index (χ4v) is 2.56. The van der Waals surface area contributed by atoms with E-state index in [1.54, 1.807) is 4.90 Å². The van der Waals surface area contributed by atoms with Crippen molar-refractivity contribution in [3.8, 4) is 0 Å². The van der Waals surface area contributed by atoms with Gasteiger partial charge in [0.05, 0.1) is 13.1 Å². The Morgan fingerprint density at radius 2 is 1.42 bits per heavy atom. The predicted molar refractivity (Wildman–Crippen MR) is 96.2 cm³/mol. The molecule has 0 spiro atoms. The van der Waals surface area contributed by atoms with Crippen molar-refractivity contribution in [2.75, 3.05) is 59.9 Å². The van der Waals surface area contributed by atoms with Crippen molar-refractivity contribution in [2.45, 2.75) is 25.3 Å². The monoisotopic (exact) mass is 376 g/mol. The Morgan fingerprint density at radius 3 is 1.85 bits per heavy atom. The molecule has 0 fully saturated rings. The Hall–Kier alpha value is -1.75. The summed E-state index contributed by atoms with van der Waals surface area (Å²) in [7, 11) is 3.76. The molecule has 1 unspecified atom stereocenters. The van der Waals surface area contributed by atoms with E-state index in [1.165, 1.54) is 4.90 Å². The van der Waals surface area contributed by atoms with Crippen molar-refractivity contribution >= 4 is 17.9 Å². The van der Waals surface area contributed by atoms with Crippen LogP contribution in [0.3, 0.4) is 0 Å². The van der Waals surface area contributed by atoms with Crippen LogP contribution in [0.5, 0.6) is 0 Å². The van der Waals surface area contributed by atoms with Crippen molar-refractivity contribution in [2.24, 2.45) is 5.73 Å². The Kier molecular flexibility index (Phi) is 12.5. The lowest BCUT2D eigenvalue weighted by Gasteiger charge is -2.31.